The minimum Gasteiger partial charge on any atom is -0.465 e. The van der Waals surface area contributed by atoms with Gasteiger partial charge in [-0.15, -0.1) is 0 Å². The zero-order chi connectivity index (χ0) is 34.4. The van der Waals surface area contributed by atoms with Gasteiger partial charge in [-0.05, 0) is 57.0 Å². The average molecular weight is 670 g/mol. The summed E-state index contributed by atoms with van der Waals surface area (Å²) in [5.41, 5.74) is 7.90. The number of piperidine rings is 1. The van der Waals surface area contributed by atoms with Crippen LogP contribution in [0.2, 0.25) is 5.15 Å². The molecule has 3 N–H and O–H groups in total. The Hall–Kier alpha value is -5.36. The summed E-state index contributed by atoms with van der Waals surface area (Å²) in [5.74, 6) is -0.217. The molecule has 0 bridgehead atoms. The highest BCUT2D eigenvalue weighted by molar-refractivity contribution is 6.34. The third kappa shape index (κ3) is 7.77. The molecule has 5 aromatic rings. The summed E-state index contributed by atoms with van der Waals surface area (Å²) >= 11 is 5.87. The first kappa shape index (κ1) is 34.0. The predicted octanol–water partition coefficient (Wildman–Crippen LogP) is 6.00. The molecule has 13 heteroatoms. The highest BCUT2D eigenvalue weighted by atomic mass is 35.5. The number of nitrogens with two attached hydrogens (primary N) is 1. The fourth-order valence-electron chi connectivity index (χ4n) is 5.60. The Kier molecular flexibility index (Phi) is 10.3. The van der Waals surface area contributed by atoms with Crippen molar-refractivity contribution in [1.82, 2.24) is 24.8 Å². The fraction of sp³-hybridized carbons (Fsp3) is 0.286. The number of carbonyl (C=O) groups is 3. The first-order chi connectivity index (χ1) is 23.0. The Bertz CT molecular complexity index is 1950. The zero-order valence-electron chi connectivity index (χ0n) is 27.0. The van der Waals surface area contributed by atoms with Crippen LogP contribution in [-0.2, 0) is 9.47 Å². The molecule has 1 saturated heterocycles. The van der Waals surface area contributed by atoms with Crippen LogP contribution in [0.1, 0.15) is 59.4 Å². The maximum atomic E-state index is 12.8. The molecule has 48 heavy (non-hydrogen) atoms. The Morgan fingerprint density at radius 1 is 0.875 bits per heavy atom. The van der Waals surface area contributed by atoms with Crippen LogP contribution in [0.3, 0.4) is 0 Å². The number of ether oxygens (including phenoxy) is 2. The molecule has 3 aromatic carbocycles. The second kappa shape index (κ2) is 14.6. The fourth-order valence-corrected chi connectivity index (χ4v) is 5.79. The predicted molar refractivity (Wildman–Crippen MR) is 183 cm³/mol. The number of nitrogens with zero attached hydrogens (tertiary/aromatic N) is 5. The van der Waals surface area contributed by atoms with E-state index in [9.17, 15) is 14.4 Å². The van der Waals surface area contributed by atoms with E-state index in [1.54, 1.807) is 35.2 Å². The molecule has 1 fully saturated rings. The van der Waals surface area contributed by atoms with E-state index in [1.165, 1.54) is 25.3 Å². The molecule has 0 aliphatic carbocycles. The smallest absolute Gasteiger partial charge is 0.410 e. The van der Waals surface area contributed by atoms with Crippen LogP contribution in [-0.4, -0.2) is 74.6 Å². The van der Waals surface area contributed by atoms with Crippen LogP contribution in [0, 0.1) is 0 Å². The number of para-hydroxylation sites is 2. The highest BCUT2D eigenvalue weighted by Gasteiger charge is 2.35. The van der Waals surface area contributed by atoms with E-state index in [1.807, 2.05) is 45.0 Å². The topological polar surface area (TPSA) is 163 Å². The monoisotopic (exact) mass is 669 g/mol. The molecule has 2 amide bonds. The average Bonchev–Trinajstić information content (AvgIpc) is 3.07. The summed E-state index contributed by atoms with van der Waals surface area (Å²) in [4.78, 5) is 54.4. The van der Waals surface area contributed by atoms with Crippen molar-refractivity contribution >= 4 is 57.2 Å². The van der Waals surface area contributed by atoms with Crippen molar-refractivity contribution in [1.29, 1.82) is 0 Å². The van der Waals surface area contributed by atoms with Gasteiger partial charge in [0, 0.05) is 29.8 Å². The van der Waals surface area contributed by atoms with E-state index in [0.29, 0.717) is 57.0 Å². The molecule has 1 aliphatic heterocycles. The highest BCUT2D eigenvalue weighted by Crippen LogP contribution is 2.33. The number of fused-ring (bicyclic) bond motifs is 2. The lowest BCUT2D eigenvalue weighted by Gasteiger charge is -2.40. The van der Waals surface area contributed by atoms with E-state index in [-0.39, 0.29) is 18.1 Å². The summed E-state index contributed by atoms with van der Waals surface area (Å²) in [6.07, 6.45) is 3.18. The Labute approximate surface area is 282 Å². The molecule has 3 heterocycles. The van der Waals surface area contributed by atoms with E-state index >= 15 is 0 Å². The van der Waals surface area contributed by atoms with Gasteiger partial charge in [0.2, 0.25) is 0 Å². The molecule has 2 unspecified atom stereocenters. The van der Waals surface area contributed by atoms with E-state index < -0.39 is 17.5 Å². The van der Waals surface area contributed by atoms with E-state index in [0.717, 1.165) is 6.42 Å². The summed E-state index contributed by atoms with van der Waals surface area (Å²) in [6.45, 7) is 6.64. The number of anilines is 1. The molecule has 0 spiro atoms. The molecule has 6 rings (SSSR count). The standard InChI is InChI=1S/C25H29N5O3.C10H7ClN2O2/c1-25(2,3)33-24(32)30-13-12-17(16-8-5-4-6-9-16)20(14-30)29-23-19-11-7-10-18(22(26)31)21(19)27-15-28-23;1-15-10(14)7-4-2-3-6-8(7)12-5-13-9(6)11/h4-11,15,17,20H,12-14H2,1-3H3,(H2,26,31)(H,27,28,29);2-5H,1H3. The van der Waals surface area contributed by atoms with Gasteiger partial charge in [-0.1, -0.05) is 54.1 Å². The normalized spacial score (nSPS) is 16.1. The van der Waals surface area contributed by atoms with Crippen molar-refractivity contribution in [3.63, 3.8) is 0 Å². The van der Waals surface area contributed by atoms with Crippen molar-refractivity contribution in [2.24, 2.45) is 5.73 Å². The van der Waals surface area contributed by atoms with E-state index in [2.05, 4.69) is 42.1 Å². The van der Waals surface area contributed by atoms with Gasteiger partial charge in [0.05, 0.1) is 35.3 Å². The lowest BCUT2D eigenvalue weighted by atomic mass is 9.85. The van der Waals surface area contributed by atoms with Gasteiger partial charge >= 0.3 is 12.1 Å². The maximum Gasteiger partial charge on any atom is 0.410 e. The van der Waals surface area contributed by atoms with Gasteiger partial charge in [0.1, 0.15) is 29.2 Å². The Morgan fingerprint density at radius 2 is 1.52 bits per heavy atom. The van der Waals surface area contributed by atoms with Crippen LogP contribution in [0.4, 0.5) is 10.6 Å². The summed E-state index contributed by atoms with van der Waals surface area (Å²) in [5, 5.41) is 5.20. The molecular formula is C35H36ClN7O5. The molecule has 12 nitrogen and oxygen atoms in total. The number of carbonyl (C=O) groups excluding carboxylic acids is 3. The number of aromatic nitrogens is 4. The first-order valence-corrected chi connectivity index (χ1v) is 15.6. The van der Waals surface area contributed by atoms with Gasteiger partial charge in [-0.3, -0.25) is 4.79 Å². The Balaban J connectivity index is 0.000000250. The number of nitrogens with one attached hydrogen (secondary N) is 1. The van der Waals surface area contributed by atoms with Crippen LogP contribution in [0.25, 0.3) is 21.8 Å². The lowest BCUT2D eigenvalue weighted by molar-refractivity contribution is 0.0193. The van der Waals surface area contributed by atoms with Crippen LogP contribution < -0.4 is 11.1 Å². The third-order valence-corrected chi connectivity index (χ3v) is 8.07. The number of primary amides is 1. The van der Waals surface area contributed by atoms with Gasteiger partial charge in [-0.2, -0.15) is 0 Å². The molecule has 248 valence electrons. The van der Waals surface area contributed by atoms with Crippen molar-refractivity contribution in [2.45, 2.75) is 44.8 Å². The number of hydrogen-bond acceptors (Lipinski definition) is 10. The quantitative estimate of drug-likeness (QED) is 0.168. The van der Waals surface area contributed by atoms with E-state index in [4.69, 9.17) is 22.1 Å². The SMILES string of the molecule is CC(C)(C)OC(=O)N1CCC(c2ccccc2)C(Nc2ncnc3c(C(N)=O)cccc23)C1.COC(=O)c1cccc2c(Cl)ncnc12. The molecule has 2 aromatic heterocycles. The molecule has 0 saturated carbocycles. The lowest BCUT2D eigenvalue weighted by Crippen LogP contribution is -2.50. The molecule has 1 aliphatic rings. The first-order valence-electron chi connectivity index (χ1n) is 15.3. The summed E-state index contributed by atoms with van der Waals surface area (Å²) in [6, 6.07) is 20.5. The van der Waals surface area contributed by atoms with Crippen molar-refractivity contribution in [3.05, 3.63) is 101 Å². The van der Waals surface area contributed by atoms with Crippen LogP contribution >= 0.6 is 11.6 Å². The number of halogens is 1. The summed E-state index contributed by atoms with van der Waals surface area (Å²) < 4.78 is 10.3. The van der Waals surface area contributed by atoms with Crippen molar-refractivity contribution in [3.8, 4) is 0 Å². The number of esters is 1. The molecule has 0 radical (unpaired) electrons. The summed E-state index contributed by atoms with van der Waals surface area (Å²) in [7, 11) is 1.32. The second-order valence-electron chi connectivity index (χ2n) is 12.1. The molecular weight excluding hydrogens is 634 g/mol. The number of rotatable bonds is 5. The van der Waals surface area contributed by atoms with Gasteiger partial charge in [-0.25, -0.2) is 29.5 Å². The minimum atomic E-state index is -0.565. The van der Waals surface area contributed by atoms with Gasteiger partial charge in [0.25, 0.3) is 5.91 Å². The van der Waals surface area contributed by atoms with Crippen LogP contribution in [0.15, 0.2) is 79.4 Å². The maximum absolute atomic E-state index is 12.8. The third-order valence-electron chi connectivity index (χ3n) is 7.77. The van der Waals surface area contributed by atoms with Crippen LogP contribution in [0.5, 0.6) is 0 Å². The van der Waals surface area contributed by atoms with Crippen molar-refractivity contribution in [2.75, 3.05) is 25.5 Å². The number of hydrogen-bond donors (Lipinski definition) is 2. The number of amides is 2. The zero-order valence-corrected chi connectivity index (χ0v) is 27.8. The number of methoxy groups -OCH3 is 1. The minimum absolute atomic E-state index is 0.121. The second-order valence-corrected chi connectivity index (χ2v) is 12.5. The Morgan fingerprint density at radius 3 is 2.19 bits per heavy atom. The number of likely N-dealkylation sites (tertiary alicyclic amines) is 1. The van der Waals surface area contributed by atoms with Crippen molar-refractivity contribution < 1.29 is 23.9 Å². The van der Waals surface area contributed by atoms with Gasteiger partial charge in [0.15, 0.2) is 0 Å². The van der Waals surface area contributed by atoms with Gasteiger partial charge < -0.3 is 25.4 Å². The molecule has 2 atom stereocenters. The number of benzene rings is 3. The largest absolute Gasteiger partial charge is 0.465 e.